The number of rotatable bonds is 5. The van der Waals surface area contributed by atoms with Gasteiger partial charge in [-0.3, -0.25) is 0 Å². The largest absolute Gasteiger partial charge is 0.380 e. The van der Waals surface area contributed by atoms with Crippen molar-refractivity contribution in [3.05, 3.63) is 0 Å². The van der Waals surface area contributed by atoms with Crippen molar-refractivity contribution in [2.24, 2.45) is 5.92 Å². The van der Waals surface area contributed by atoms with Crippen LogP contribution in [0.2, 0.25) is 0 Å². The maximum atomic E-state index is 5.25. The Kier molecular flexibility index (Phi) is 3.53. The summed E-state index contributed by atoms with van der Waals surface area (Å²) in [6.45, 7) is 6.57. The maximum Gasteiger partial charge on any atom is 0.0693 e. The van der Waals surface area contributed by atoms with E-state index < -0.39 is 0 Å². The minimum Gasteiger partial charge on any atom is -0.380 e. The molecule has 4 atom stereocenters. The zero-order valence-electron chi connectivity index (χ0n) is 8.63. The summed E-state index contributed by atoms with van der Waals surface area (Å²) in [5, 5.41) is 3.58. The van der Waals surface area contributed by atoms with Gasteiger partial charge in [-0.2, -0.15) is 0 Å². The first-order valence-electron chi connectivity index (χ1n) is 4.97. The monoisotopic (exact) mass is 171 g/mol. The van der Waals surface area contributed by atoms with Crippen LogP contribution in [0.3, 0.4) is 0 Å². The van der Waals surface area contributed by atoms with E-state index in [-0.39, 0.29) is 0 Å². The second kappa shape index (κ2) is 4.24. The first-order valence-corrected chi connectivity index (χ1v) is 4.97. The molecule has 4 unspecified atom stereocenters. The highest BCUT2D eigenvalue weighted by Crippen LogP contribution is 2.33. The third-order valence-electron chi connectivity index (χ3n) is 3.00. The summed E-state index contributed by atoms with van der Waals surface area (Å²) in [5.41, 5.74) is 0. The van der Waals surface area contributed by atoms with Crippen molar-refractivity contribution in [3.63, 3.8) is 0 Å². The van der Waals surface area contributed by atoms with Crippen LogP contribution in [-0.2, 0) is 4.74 Å². The van der Waals surface area contributed by atoms with E-state index in [0.29, 0.717) is 12.1 Å². The molecule has 0 amide bonds. The predicted octanol–water partition coefficient (Wildman–Crippen LogP) is 1.80. The third kappa shape index (κ3) is 2.46. The van der Waals surface area contributed by atoms with Crippen molar-refractivity contribution in [1.29, 1.82) is 0 Å². The molecule has 72 valence electrons. The van der Waals surface area contributed by atoms with E-state index in [0.717, 1.165) is 12.0 Å². The summed E-state index contributed by atoms with van der Waals surface area (Å²) < 4.78 is 5.25. The van der Waals surface area contributed by atoms with Gasteiger partial charge in [-0.25, -0.2) is 0 Å². The Morgan fingerprint density at radius 3 is 2.58 bits per heavy atom. The third-order valence-corrected chi connectivity index (χ3v) is 3.00. The number of hydrogen-bond acceptors (Lipinski definition) is 2. The molecule has 1 rings (SSSR count). The molecular formula is C10H21NO. The fourth-order valence-electron chi connectivity index (χ4n) is 1.58. The Morgan fingerprint density at radius 1 is 1.50 bits per heavy atom. The van der Waals surface area contributed by atoms with Gasteiger partial charge in [0.15, 0.2) is 0 Å². The zero-order chi connectivity index (χ0) is 9.14. The quantitative estimate of drug-likeness (QED) is 0.681. The van der Waals surface area contributed by atoms with Crippen molar-refractivity contribution in [1.82, 2.24) is 5.32 Å². The summed E-state index contributed by atoms with van der Waals surface area (Å²) in [6.07, 6.45) is 2.99. The van der Waals surface area contributed by atoms with Crippen molar-refractivity contribution in [3.8, 4) is 0 Å². The van der Waals surface area contributed by atoms with Gasteiger partial charge in [-0.05, 0) is 26.2 Å². The summed E-state index contributed by atoms with van der Waals surface area (Å²) >= 11 is 0. The molecule has 0 aromatic carbocycles. The first kappa shape index (κ1) is 10.0. The van der Waals surface area contributed by atoms with E-state index in [9.17, 15) is 0 Å². The minimum absolute atomic E-state index is 0.322. The zero-order valence-corrected chi connectivity index (χ0v) is 8.63. The Morgan fingerprint density at radius 2 is 2.17 bits per heavy atom. The van der Waals surface area contributed by atoms with Crippen LogP contribution in [0.25, 0.3) is 0 Å². The molecule has 1 aliphatic carbocycles. The highest BCUT2D eigenvalue weighted by molar-refractivity contribution is 4.94. The highest BCUT2D eigenvalue weighted by Gasteiger charge is 2.36. The van der Waals surface area contributed by atoms with Crippen molar-refractivity contribution in [2.45, 2.75) is 51.8 Å². The Balaban J connectivity index is 2.15. The lowest BCUT2D eigenvalue weighted by atomic mass is 10.2. The molecule has 0 aliphatic heterocycles. The van der Waals surface area contributed by atoms with E-state index in [1.54, 1.807) is 7.11 Å². The molecule has 12 heavy (non-hydrogen) atoms. The minimum atomic E-state index is 0.322. The van der Waals surface area contributed by atoms with Crippen molar-refractivity contribution in [2.75, 3.05) is 7.11 Å². The van der Waals surface area contributed by atoms with Crippen molar-refractivity contribution < 1.29 is 4.74 Å². The lowest BCUT2D eigenvalue weighted by molar-refractivity contribution is 0.0876. The van der Waals surface area contributed by atoms with Gasteiger partial charge in [0.25, 0.3) is 0 Å². The highest BCUT2D eigenvalue weighted by atomic mass is 16.5. The predicted molar refractivity (Wildman–Crippen MR) is 51.3 cm³/mol. The molecule has 1 aliphatic rings. The number of hydrogen-bond donors (Lipinski definition) is 1. The van der Waals surface area contributed by atoms with Gasteiger partial charge < -0.3 is 10.1 Å². The molecule has 0 heterocycles. The van der Waals surface area contributed by atoms with Gasteiger partial charge in [0.1, 0.15) is 0 Å². The Bertz CT molecular complexity index is 138. The normalized spacial score (nSPS) is 33.0. The summed E-state index contributed by atoms with van der Waals surface area (Å²) in [5.74, 6) is 0.927. The lowest BCUT2D eigenvalue weighted by Crippen LogP contribution is -2.38. The number of methoxy groups -OCH3 is 1. The van der Waals surface area contributed by atoms with Crippen LogP contribution in [0.1, 0.15) is 33.6 Å². The van der Waals surface area contributed by atoms with Crippen LogP contribution >= 0.6 is 0 Å². The van der Waals surface area contributed by atoms with Gasteiger partial charge in [0.05, 0.1) is 6.10 Å². The second-order valence-electron chi connectivity index (χ2n) is 3.91. The second-order valence-corrected chi connectivity index (χ2v) is 3.91. The first-order chi connectivity index (χ1) is 5.69. The van der Waals surface area contributed by atoms with E-state index >= 15 is 0 Å². The van der Waals surface area contributed by atoms with Gasteiger partial charge in [0.2, 0.25) is 0 Å². The molecule has 1 fully saturated rings. The average Bonchev–Trinajstić information content (AvgIpc) is 2.81. The molecule has 0 aromatic heterocycles. The standard InChI is InChI=1S/C10H21NO/c1-5-9-6-10(9)11-7(2)8(3)12-4/h7-11H,5-6H2,1-4H3. The molecule has 0 spiro atoms. The van der Waals surface area contributed by atoms with Gasteiger partial charge in [-0.15, -0.1) is 0 Å². The average molecular weight is 171 g/mol. The SMILES string of the molecule is CCC1CC1NC(C)C(C)OC. The van der Waals surface area contributed by atoms with Crippen LogP contribution < -0.4 is 5.32 Å². The molecule has 0 radical (unpaired) electrons. The van der Waals surface area contributed by atoms with Crippen LogP contribution in [-0.4, -0.2) is 25.3 Å². The molecular weight excluding hydrogens is 150 g/mol. The molecule has 0 saturated heterocycles. The van der Waals surface area contributed by atoms with E-state index in [4.69, 9.17) is 4.74 Å². The Labute approximate surface area is 75.7 Å². The summed E-state index contributed by atoms with van der Waals surface area (Å²) in [7, 11) is 1.77. The van der Waals surface area contributed by atoms with Crippen molar-refractivity contribution >= 4 is 0 Å². The fraction of sp³-hybridized carbons (Fsp3) is 1.00. The van der Waals surface area contributed by atoms with E-state index in [1.165, 1.54) is 12.8 Å². The van der Waals surface area contributed by atoms with Crippen LogP contribution in [0.15, 0.2) is 0 Å². The van der Waals surface area contributed by atoms with Crippen LogP contribution in [0.5, 0.6) is 0 Å². The fourth-order valence-corrected chi connectivity index (χ4v) is 1.58. The topological polar surface area (TPSA) is 21.3 Å². The molecule has 1 N–H and O–H groups in total. The number of ether oxygens (including phenoxy) is 1. The van der Waals surface area contributed by atoms with Gasteiger partial charge in [-0.1, -0.05) is 13.3 Å². The smallest absolute Gasteiger partial charge is 0.0693 e. The maximum absolute atomic E-state index is 5.25. The number of nitrogens with one attached hydrogen (secondary N) is 1. The lowest BCUT2D eigenvalue weighted by Gasteiger charge is -2.19. The van der Waals surface area contributed by atoms with Crippen LogP contribution in [0, 0.1) is 5.92 Å². The van der Waals surface area contributed by atoms with E-state index in [1.807, 2.05) is 0 Å². The molecule has 2 nitrogen and oxygen atoms in total. The molecule has 2 heteroatoms. The molecule has 0 aromatic rings. The van der Waals surface area contributed by atoms with Crippen LogP contribution in [0.4, 0.5) is 0 Å². The Hall–Kier alpha value is -0.0800. The van der Waals surface area contributed by atoms with E-state index in [2.05, 4.69) is 26.1 Å². The molecule has 1 saturated carbocycles. The summed E-state index contributed by atoms with van der Waals surface area (Å²) in [6, 6.07) is 1.25. The summed E-state index contributed by atoms with van der Waals surface area (Å²) in [4.78, 5) is 0. The van der Waals surface area contributed by atoms with Gasteiger partial charge >= 0.3 is 0 Å². The van der Waals surface area contributed by atoms with Gasteiger partial charge in [0, 0.05) is 19.2 Å². The molecule has 0 bridgehead atoms.